The van der Waals surface area contributed by atoms with Crippen molar-refractivity contribution in [2.45, 2.75) is 26.3 Å². The van der Waals surface area contributed by atoms with Crippen molar-refractivity contribution >= 4 is 17.5 Å². The summed E-state index contributed by atoms with van der Waals surface area (Å²) in [5, 5.41) is 10.9. The van der Waals surface area contributed by atoms with Gasteiger partial charge in [-0.1, -0.05) is 17.7 Å². The van der Waals surface area contributed by atoms with Gasteiger partial charge in [-0.15, -0.1) is 10.2 Å². The van der Waals surface area contributed by atoms with Crippen LogP contribution in [0, 0.1) is 13.8 Å². The van der Waals surface area contributed by atoms with E-state index in [9.17, 15) is 9.59 Å². The van der Waals surface area contributed by atoms with Gasteiger partial charge in [0.2, 0.25) is 0 Å². The fourth-order valence-corrected chi connectivity index (χ4v) is 3.47. The molecule has 1 aliphatic heterocycles. The summed E-state index contributed by atoms with van der Waals surface area (Å²) < 4.78 is 1.75. The normalized spacial score (nSPS) is 15.4. The maximum absolute atomic E-state index is 12.7. The minimum Gasteiger partial charge on any atom is -0.343 e. The summed E-state index contributed by atoms with van der Waals surface area (Å²) in [7, 11) is 0. The number of aryl methyl sites for hydroxylation is 2. The lowest BCUT2D eigenvalue weighted by Gasteiger charge is -2.48. The van der Waals surface area contributed by atoms with Gasteiger partial charge in [0, 0.05) is 30.4 Å². The largest absolute Gasteiger partial charge is 0.343 e. The standard InChI is InChI=1S/C20H21N5O2/c1-13-4-5-14(2)16(8-13)18(26)22-20(3)10-25(11-20)19(27)15-6-7-24-12-21-23-17(24)9-15/h4-9,12H,10-11H2,1-3H3,(H,22,26). The van der Waals surface area contributed by atoms with Gasteiger partial charge in [0.1, 0.15) is 6.33 Å². The van der Waals surface area contributed by atoms with Crippen LogP contribution in [0.25, 0.3) is 5.65 Å². The molecule has 0 bridgehead atoms. The van der Waals surface area contributed by atoms with E-state index in [-0.39, 0.29) is 11.8 Å². The Labute approximate surface area is 157 Å². The lowest BCUT2D eigenvalue weighted by molar-refractivity contribution is 0.0331. The van der Waals surface area contributed by atoms with Gasteiger partial charge in [0.25, 0.3) is 11.8 Å². The minimum absolute atomic E-state index is 0.0704. The number of pyridine rings is 1. The van der Waals surface area contributed by atoms with E-state index in [4.69, 9.17) is 0 Å². The van der Waals surface area contributed by atoms with E-state index in [2.05, 4.69) is 15.5 Å². The summed E-state index contributed by atoms with van der Waals surface area (Å²) in [4.78, 5) is 27.1. The van der Waals surface area contributed by atoms with E-state index < -0.39 is 5.54 Å². The summed E-state index contributed by atoms with van der Waals surface area (Å²) in [6, 6.07) is 9.31. The van der Waals surface area contributed by atoms with Crippen LogP contribution in [0.2, 0.25) is 0 Å². The number of carbonyl (C=O) groups excluding carboxylic acids is 2. The van der Waals surface area contributed by atoms with Crippen LogP contribution in [0.1, 0.15) is 38.8 Å². The van der Waals surface area contributed by atoms with Crippen LogP contribution in [0.4, 0.5) is 0 Å². The molecule has 1 aliphatic rings. The van der Waals surface area contributed by atoms with Crippen LogP contribution in [-0.2, 0) is 0 Å². The molecule has 3 heterocycles. The summed E-state index contributed by atoms with van der Waals surface area (Å²) in [6.07, 6.45) is 3.36. The zero-order chi connectivity index (χ0) is 19.2. The third-order valence-electron chi connectivity index (χ3n) is 4.97. The predicted octanol–water partition coefficient (Wildman–Crippen LogP) is 1.99. The Hall–Kier alpha value is -3.22. The van der Waals surface area contributed by atoms with Crippen molar-refractivity contribution in [3.05, 3.63) is 65.1 Å². The summed E-state index contributed by atoms with van der Waals surface area (Å²) in [5.41, 5.74) is 3.44. The molecule has 0 atom stereocenters. The van der Waals surface area contributed by atoms with Crippen molar-refractivity contribution < 1.29 is 9.59 Å². The maximum Gasteiger partial charge on any atom is 0.254 e. The molecule has 1 fully saturated rings. The first kappa shape index (κ1) is 17.2. The molecule has 1 N–H and O–H groups in total. The molecule has 0 spiro atoms. The number of carbonyl (C=O) groups is 2. The molecule has 7 nitrogen and oxygen atoms in total. The number of nitrogens with zero attached hydrogens (tertiary/aromatic N) is 4. The number of likely N-dealkylation sites (tertiary alicyclic amines) is 1. The summed E-state index contributed by atoms with van der Waals surface area (Å²) in [5.74, 6) is -0.172. The number of nitrogens with one attached hydrogen (secondary N) is 1. The summed E-state index contributed by atoms with van der Waals surface area (Å²) >= 11 is 0. The van der Waals surface area contributed by atoms with E-state index in [1.54, 1.807) is 34.0 Å². The van der Waals surface area contributed by atoms with Gasteiger partial charge in [-0.2, -0.15) is 0 Å². The van der Waals surface area contributed by atoms with Crippen molar-refractivity contribution in [2.24, 2.45) is 0 Å². The summed E-state index contributed by atoms with van der Waals surface area (Å²) in [6.45, 7) is 6.80. The number of aromatic nitrogens is 3. The van der Waals surface area contributed by atoms with Crippen LogP contribution in [0.15, 0.2) is 42.9 Å². The number of amides is 2. The molecular formula is C20H21N5O2. The van der Waals surface area contributed by atoms with Crippen LogP contribution >= 0.6 is 0 Å². The van der Waals surface area contributed by atoms with Gasteiger partial charge in [0.15, 0.2) is 5.65 Å². The van der Waals surface area contributed by atoms with E-state index in [1.165, 1.54) is 0 Å². The molecule has 0 unspecified atom stereocenters. The van der Waals surface area contributed by atoms with E-state index in [0.717, 1.165) is 11.1 Å². The Kier molecular flexibility index (Phi) is 3.95. The second-order valence-electron chi connectivity index (χ2n) is 7.51. The molecule has 2 aromatic heterocycles. The quantitative estimate of drug-likeness (QED) is 0.772. The first-order chi connectivity index (χ1) is 12.8. The number of benzene rings is 1. The molecule has 3 aromatic rings. The topological polar surface area (TPSA) is 79.6 Å². The van der Waals surface area contributed by atoms with Crippen LogP contribution in [0.5, 0.6) is 0 Å². The number of hydrogen-bond donors (Lipinski definition) is 1. The van der Waals surface area contributed by atoms with Gasteiger partial charge in [-0.3, -0.25) is 14.0 Å². The molecule has 27 heavy (non-hydrogen) atoms. The van der Waals surface area contributed by atoms with Crippen molar-refractivity contribution in [2.75, 3.05) is 13.1 Å². The molecule has 1 saturated heterocycles. The van der Waals surface area contributed by atoms with Crippen LogP contribution in [0.3, 0.4) is 0 Å². The van der Waals surface area contributed by atoms with Crippen LogP contribution < -0.4 is 5.32 Å². The van der Waals surface area contributed by atoms with Crippen molar-refractivity contribution in [1.29, 1.82) is 0 Å². The molecule has 2 amide bonds. The molecule has 7 heteroatoms. The molecule has 0 saturated carbocycles. The zero-order valence-electron chi connectivity index (χ0n) is 15.6. The average Bonchev–Trinajstić information content (AvgIpc) is 3.08. The highest BCUT2D eigenvalue weighted by atomic mass is 16.2. The Morgan fingerprint density at radius 3 is 2.70 bits per heavy atom. The first-order valence-electron chi connectivity index (χ1n) is 8.83. The van der Waals surface area contributed by atoms with Gasteiger partial charge in [-0.05, 0) is 44.5 Å². The Morgan fingerprint density at radius 1 is 1.15 bits per heavy atom. The molecular weight excluding hydrogens is 342 g/mol. The molecule has 138 valence electrons. The molecule has 0 radical (unpaired) electrons. The fraction of sp³-hybridized carbons (Fsp3) is 0.300. The van der Waals surface area contributed by atoms with Crippen molar-refractivity contribution in [3.8, 4) is 0 Å². The third kappa shape index (κ3) is 3.16. The van der Waals surface area contributed by atoms with Crippen LogP contribution in [-0.4, -0.2) is 49.9 Å². The van der Waals surface area contributed by atoms with Crippen molar-refractivity contribution in [3.63, 3.8) is 0 Å². The van der Waals surface area contributed by atoms with Crippen molar-refractivity contribution in [1.82, 2.24) is 24.8 Å². The second-order valence-corrected chi connectivity index (χ2v) is 7.51. The lowest BCUT2D eigenvalue weighted by atomic mass is 9.90. The molecule has 1 aromatic carbocycles. The number of fused-ring (bicyclic) bond motifs is 1. The van der Waals surface area contributed by atoms with Gasteiger partial charge >= 0.3 is 0 Å². The highest BCUT2D eigenvalue weighted by Crippen LogP contribution is 2.24. The monoisotopic (exact) mass is 363 g/mol. The van der Waals surface area contributed by atoms with E-state index in [0.29, 0.717) is 29.9 Å². The number of hydrogen-bond acceptors (Lipinski definition) is 4. The molecule has 0 aliphatic carbocycles. The van der Waals surface area contributed by atoms with E-state index in [1.807, 2.05) is 39.0 Å². The minimum atomic E-state index is -0.429. The predicted molar refractivity (Wildman–Crippen MR) is 101 cm³/mol. The zero-order valence-corrected chi connectivity index (χ0v) is 15.6. The molecule has 4 rings (SSSR count). The fourth-order valence-electron chi connectivity index (χ4n) is 3.47. The SMILES string of the molecule is Cc1ccc(C)c(C(=O)NC2(C)CN(C(=O)c3ccn4cnnc4c3)C2)c1. The van der Waals surface area contributed by atoms with Gasteiger partial charge in [-0.25, -0.2) is 0 Å². The highest BCUT2D eigenvalue weighted by Gasteiger charge is 2.42. The Balaban J connectivity index is 1.43. The lowest BCUT2D eigenvalue weighted by Crippen LogP contribution is -2.69. The smallest absolute Gasteiger partial charge is 0.254 e. The number of rotatable bonds is 3. The Bertz CT molecular complexity index is 1050. The van der Waals surface area contributed by atoms with Gasteiger partial charge in [0.05, 0.1) is 5.54 Å². The highest BCUT2D eigenvalue weighted by molar-refractivity contribution is 5.98. The first-order valence-corrected chi connectivity index (χ1v) is 8.83. The van der Waals surface area contributed by atoms with E-state index >= 15 is 0 Å². The Morgan fingerprint density at radius 2 is 1.93 bits per heavy atom. The maximum atomic E-state index is 12.7. The average molecular weight is 363 g/mol. The third-order valence-corrected chi connectivity index (χ3v) is 4.97. The van der Waals surface area contributed by atoms with Gasteiger partial charge < -0.3 is 10.2 Å². The second kappa shape index (κ2) is 6.19.